The van der Waals surface area contributed by atoms with Gasteiger partial charge in [0.05, 0.1) is 4.90 Å². The monoisotopic (exact) mass is 281 g/mol. The lowest BCUT2D eigenvalue weighted by atomic mass is 10.2. The Balaban J connectivity index is 2.99. The molecule has 0 saturated heterocycles. The van der Waals surface area contributed by atoms with Gasteiger partial charge >= 0.3 is 6.36 Å². The lowest BCUT2D eigenvalue weighted by molar-refractivity contribution is -0.275. The highest BCUT2D eigenvalue weighted by Crippen LogP contribution is 2.29. The molecule has 7 heteroatoms. The van der Waals surface area contributed by atoms with Crippen LogP contribution in [0.2, 0.25) is 0 Å². The van der Waals surface area contributed by atoms with Gasteiger partial charge in [-0.25, -0.2) is 8.93 Å². The predicted molar refractivity (Wildman–Crippen MR) is 62.6 cm³/mol. The third kappa shape index (κ3) is 4.66. The standard InChI is InChI=1S/C11H14F3NO2S/c1-3-6-15-18(16)10-5-4-8(2)7-9(10)17-11(12,13)14/h4-5,7,15H,3,6H2,1-2H3. The maximum absolute atomic E-state index is 12.2. The van der Waals surface area contributed by atoms with Crippen LogP contribution in [0.3, 0.4) is 0 Å². The van der Waals surface area contributed by atoms with E-state index in [4.69, 9.17) is 0 Å². The fourth-order valence-corrected chi connectivity index (χ4v) is 2.27. The zero-order valence-electron chi connectivity index (χ0n) is 10.0. The van der Waals surface area contributed by atoms with Crippen LogP contribution in [0.25, 0.3) is 0 Å². The minimum absolute atomic E-state index is 0.00799. The van der Waals surface area contributed by atoms with E-state index in [-0.39, 0.29) is 4.90 Å². The average molecular weight is 281 g/mol. The van der Waals surface area contributed by atoms with Crippen LogP contribution < -0.4 is 9.46 Å². The highest BCUT2D eigenvalue weighted by molar-refractivity contribution is 7.83. The zero-order chi connectivity index (χ0) is 13.8. The van der Waals surface area contributed by atoms with E-state index < -0.39 is 23.1 Å². The molecule has 1 N–H and O–H groups in total. The first-order valence-corrected chi connectivity index (χ1v) is 6.50. The topological polar surface area (TPSA) is 38.3 Å². The molecule has 0 aliphatic heterocycles. The molecule has 0 saturated carbocycles. The minimum Gasteiger partial charge on any atom is -0.404 e. The van der Waals surface area contributed by atoms with Gasteiger partial charge in [0.2, 0.25) is 0 Å². The molecule has 1 rings (SSSR count). The Morgan fingerprint density at radius 1 is 1.39 bits per heavy atom. The van der Waals surface area contributed by atoms with Gasteiger partial charge in [-0.05, 0) is 31.0 Å². The van der Waals surface area contributed by atoms with Crippen molar-refractivity contribution in [1.82, 2.24) is 4.72 Å². The summed E-state index contributed by atoms with van der Waals surface area (Å²) in [5.41, 5.74) is 0.602. The maximum Gasteiger partial charge on any atom is 0.573 e. The van der Waals surface area contributed by atoms with Gasteiger partial charge in [-0.2, -0.15) is 0 Å². The van der Waals surface area contributed by atoms with Gasteiger partial charge in [0.1, 0.15) is 16.7 Å². The summed E-state index contributed by atoms with van der Waals surface area (Å²) in [5.74, 6) is -0.426. The maximum atomic E-state index is 12.2. The minimum atomic E-state index is -4.79. The van der Waals surface area contributed by atoms with Crippen molar-refractivity contribution in [1.29, 1.82) is 0 Å². The summed E-state index contributed by atoms with van der Waals surface area (Å²) >= 11 is 0. The van der Waals surface area contributed by atoms with E-state index >= 15 is 0 Å². The number of halogens is 3. The summed E-state index contributed by atoms with van der Waals surface area (Å²) in [5, 5.41) is 0. The van der Waals surface area contributed by atoms with Gasteiger partial charge in [0.25, 0.3) is 0 Å². The number of hydrogen-bond acceptors (Lipinski definition) is 2. The highest BCUT2D eigenvalue weighted by atomic mass is 32.2. The molecule has 1 aromatic rings. The number of rotatable bonds is 5. The molecule has 0 spiro atoms. The average Bonchev–Trinajstić information content (AvgIpc) is 2.23. The second kappa shape index (κ2) is 6.19. The molecule has 0 radical (unpaired) electrons. The number of alkyl halides is 3. The number of aryl methyl sites for hydroxylation is 1. The van der Waals surface area contributed by atoms with Gasteiger partial charge in [-0.15, -0.1) is 13.2 Å². The lowest BCUT2D eigenvalue weighted by Crippen LogP contribution is -2.22. The van der Waals surface area contributed by atoms with Crippen molar-refractivity contribution in [3.8, 4) is 5.75 Å². The molecular weight excluding hydrogens is 267 g/mol. The number of ether oxygens (including phenoxy) is 1. The first-order valence-electron chi connectivity index (χ1n) is 5.35. The van der Waals surface area contributed by atoms with Crippen LogP contribution in [-0.2, 0) is 11.0 Å². The van der Waals surface area contributed by atoms with Crippen LogP contribution in [0, 0.1) is 6.92 Å². The Bertz CT molecular complexity index is 435. The summed E-state index contributed by atoms with van der Waals surface area (Å²) in [6.45, 7) is 3.95. The number of benzene rings is 1. The quantitative estimate of drug-likeness (QED) is 0.901. The van der Waals surface area contributed by atoms with Crippen molar-refractivity contribution in [2.45, 2.75) is 31.5 Å². The van der Waals surface area contributed by atoms with Gasteiger partial charge in [0.15, 0.2) is 0 Å². The Morgan fingerprint density at radius 2 is 2.06 bits per heavy atom. The van der Waals surface area contributed by atoms with Gasteiger partial charge in [0, 0.05) is 6.54 Å². The van der Waals surface area contributed by atoms with Gasteiger partial charge < -0.3 is 4.74 Å². The van der Waals surface area contributed by atoms with Gasteiger partial charge in [-0.1, -0.05) is 13.0 Å². The van der Waals surface area contributed by atoms with E-state index in [1.807, 2.05) is 6.92 Å². The summed E-state index contributed by atoms with van der Waals surface area (Å²) in [6.07, 6.45) is -4.06. The molecule has 102 valence electrons. The molecule has 0 aliphatic carbocycles. The second-order valence-corrected chi connectivity index (χ2v) is 4.93. The Morgan fingerprint density at radius 3 is 2.61 bits per heavy atom. The number of hydrogen-bond donors (Lipinski definition) is 1. The molecule has 0 bridgehead atoms. The molecule has 3 nitrogen and oxygen atoms in total. The highest BCUT2D eigenvalue weighted by Gasteiger charge is 2.32. The molecule has 0 heterocycles. The molecule has 0 aromatic heterocycles. The largest absolute Gasteiger partial charge is 0.573 e. The molecule has 18 heavy (non-hydrogen) atoms. The van der Waals surface area contributed by atoms with Crippen LogP contribution in [0.4, 0.5) is 13.2 Å². The van der Waals surface area contributed by atoms with Gasteiger partial charge in [-0.3, -0.25) is 0 Å². The molecule has 0 aliphatic rings. The van der Waals surface area contributed by atoms with Crippen molar-refractivity contribution in [3.05, 3.63) is 23.8 Å². The Labute approximate surface area is 106 Å². The van der Waals surface area contributed by atoms with E-state index in [0.29, 0.717) is 12.1 Å². The molecule has 0 fully saturated rings. The van der Waals surface area contributed by atoms with Crippen molar-refractivity contribution in [2.75, 3.05) is 6.54 Å². The third-order valence-electron chi connectivity index (χ3n) is 2.01. The molecule has 0 amide bonds. The molecule has 1 unspecified atom stereocenters. The van der Waals surface area contributed by atoms with Crippen molar-refractivity contribution >= 4 is 11.0 Å². The van der Waals surface area contributed by atoms with Crippen molar-refractivity contribution in [3.63, 3.8) is 0 Å². The van der Waals surface area contributed by atoms with Crippen LogP contribution >= 0.6 is 0 Å². The Kier molecular flexibility index (Phi) is 5.15. The summed E-state index contributed by atoms with van der Waals surface area (Å²) in [7, 11) is -1.71. The first-order chi connectivity index (χ1) is 8.33. The van der Waals surface area contributed by atoms with Crippen molar-refractivity contribution in [2.24, 2.45) is 0 Å². The normalized spacial score (nSPS) is 13.4. The van der Waals surface area contributed by atoms with E-state index in [9.17, 15) is 17.4 Å². The molecule has 1 atom stereocenters. The van der Waals surface area contributed by atoms with E-state index in [0.717, 1.165) is 6.42 Å². The Hall–Kier alpha value is -1.08. The van der Waals surface area contributed by atoms with Crippen LogP contribution in [0.1, 0.15) is 18.9 Å². The summed E-state index contributed by atoms with van der Waals surface area (Å²) < 4.78 is 55.0. The second-order valence-electron chi connectivity index (χ2n) is 3.66. The fraction of sp³-hybridized carbons (Fsp3) is 0.455. The SMILES string of the molecule is CCCNS(=O)c1ccc(C)cc1OC(F)(F)F. The van der Waals surface area contributed by atoms with E-state index in [1.165, 1.54) is 12.1 Å². The molecule has 1 aromatic carbocycles. The summed E-state index contributed by atoms with van der Waals surface area (Å²) in [4.78, 5) is -0.00799. The number of nitrogens with one attached hydrogen (secondary N) is 1. The predicted octanol–water partition coefficient (Wildman–Crippen LogP) is 2.92. The smallest absolute Gasteiger partial charge is 0.404 e. The zero-order valence-corrected chi connectivity index (χ0v) is 10.8. The van der Waals surface area contributed by atoms with E-state index in [2.05, 4.69) is 9.46 Å². The fourth-order valence-electron chi connectivity index (χ4n) is 1.25. The van der Waals surface area contributed by atoms with Crippen LogP contribution in [0.5, 0.6) is 5.75 Å². The van der Waals surface area contributed by atoms with Crippen LogP contribution in [0.15, 0.2) is 23.1 Å². The van der Waals surface area contributed by atoms with Crippen LogP contribution in [-0.4, -0.2) is 17.1 Å². The van der Waals surface area contributed by atoms with Crippen molar-refractivity contribution < 1.29 is 22.1 Å². The summed E-state index contributed by atoms with van der Waals surface area (Å²) in [6, 6.07) is 4.17. The van der Waals surface area contributed by atoms with E-state index in [1.54, 1.807) is 13.0 Å². The molecular formula is C11H14F3NO2S. The first kappa shape index (κ1) is 15.0. The third-order valence-corrected chi connectivity index (χ3v) is 3.21. The lowest BCUT2D eigenvalue weighted by Gasteiger charge is -2.13.